The lowest BCUT2D eigenvalue weighted by atomic mass is 10.0. The topological polar surface area (TPSA) is 32.7 Å². The molecule has 3 nitrogen and oxygen atoms in total. The minimum Gasteiger partial charge on any atom is -0.394 e. The number of hydrogen-bond donors (Lipinski definition) is 1. The summed E-state index contributed by atoms with van der Waals surface area (Å²) in [7, 11) is 0. The lowest BCUT2D eigenvalue weighted by Gasteiger charge is -2.42. The normalized spacial score (nSPS) is 23.1. The molecule has 1 rings (SSSR count). The second-order valence-electron chi connectivity index (χ2n) is 6.89. The summed E-state index contributed by atoms with van der Waals surface area (Å²) in [5.74, 6) is 0. The van der Waals surface area contributed by atoms with Crippen molar-refractivity contribution in [3.8, 4) is 0 Å². The van der Waals surface area contributed by atoms with Crippen LogP contribution < -0.4 is 0 Å². The Morgan fingerprint density at radius 1 is 1.05 bits per heavy atom. The molecule has 1 saturated heterocycles. The Hall–Kier alpha value is -0.120. The van der Waals surface area contributed by atoms with Crippen LogP contribution in [0.5, 0.6) is 0 Å². The molecule has 0 aromatic carbocycles. The van der Waals surface area contributed by atoms with Crippen molar-refractivity contribution >= 4 is 0 Å². The molecule has 0 radical (unpaired) electrons. The van der Waals surface area contributed by atoms with Crippen LogP contribution in [0.2, 0.25) is 0 Å². The van der Waals surface area contributed by atoms with Crippen LogP contribution in [0.15, 0.2) is 0 Å². The van der Waals surface area contributed by atoms with Gasteiger partial charge >= 0.3 is 0 Å². The van der Waals surface area contributed by atoms with Gasteiger partial charge in [-0.3, -0.25) is 4.90 Å². The highest BCUT2D eigenvalue weighted by Gasteiger charge is 2.32. The molecule has 20 heavy (non-hydrogen) atoms. The van der Waals surface area contributed by atoms with Crippen LogP contribution in [0.1, 0.15) is 72.1 Å². The lowest BCUT2D eigenvalue weighted by molar-refractivity contribution is -0.148. The maximum absolute atomic E-state index is 9.30. The van der Waals surface area contributed by atoms with Crippen molar-refractivity contribution < 1.29 is 9.84 Å². The molecule has 1 atom stereocenters. The molecule has 1 aliphatic heterocycles. The van der Waals surface area contributed by atoms with E-state index in [1.165, 1.54) is 51.4 Å². The van der Waals surface area contributed by atoms with Gasteiger partial charge in [-0.15, -0.1) is 0 Å². The quantitative estimate of drug-likeness (QED) is 0.623. The van der Waals surface area contributed by atoms with Gasteiger partial charge in [-0.1, -0.05) is 51.9 Å². The molecule has 1 unspecified atom stereocenters. The molecule has 0 bridgehead atoms. The van der Waals surface area contributed by atoms with Crippen LogP contribution >= 0.6 is 0 Å². The Labute approximate surface area is 125 Å². The highest BCUT2D eigenvalue weighted by atomic mass is 16.5. The van der Waals surface area contributed by atoms with Crippen LogP contribution in [0, 0.1) is 0 Å². The molecule has 1 N–H and O–H groups in total. The molecule has 0 aromatic rings. The van der Waals surface area contributed by atoms with E-state index in [-0.39, 0.29) is 18.3 Å². The number of nitrogens with zero attached hydrogens (tertiary/aromatic N) is 1. The summed E-state index contributed by atoms with van der Waals surface area (Å²) >= 11 is 0. The molecule has 0 saturated carbocycles. The molecule has 0 amide bonds. The van der Waals surface area contributed by atoms with Crippen molar-refractivity contribution in [2.45, 2.75) is 83.8 Å². The molecule has 0 aliphatic carbocycles. The second-order valence-corrected chi connectivity index (χ2v) is 6.89. The third kappa shape index (κ3) is 7.61. The predicted molar refractivity (Wildman–Crippen MR) is 85.1 cm³/mol. The van der Waals surface area contributed by atoms with E-state index in [0.29, 0.717) is 0 Å². The summed E-state index contributed by atoms with van der Waals surface area (Å²) in [6, 6.07) is 0. The molecular formula is C17H35NO2. The van der Waals surface area contributed by atoms with E-state index in [4.69, 9.17) is 4.74 Å². The zero-order valence-corrected chi connectivity index (χ0v) is 13.9. The monoisotopic (exact) mass is 285 g/mol. The van der Waals surface area contributed by atoms with E-state index in [1.807, 2.05) is 0 Å². The van der Waals surface area contributed by atoms with Crippen molar-refractivity contribution in [3.05, 3.63) is 0 Å². The van der Waals surface area contributed by atoms with E-state index in [9.17, 15) is 5.11 Å². The van der Waals surface area contributed by atoms with Gasteiger partial charge in [0.05, 0.1) is 18.3 Å². The van der Waals surface area contributed by atoms with Crippen LogP contribution in [0.3, 0.4) is 0 Å². The van der Waals surface area contributed by atoms with Crippen LogP contribution in [0.25, 0.3) is 0 Å². The summed E-state index contributed by atoms with van der Waals surface area (Å²) in [6.45, 7) is 9.67. The second kappa shape index (κ2) is 9.75. The smallest absolute Gasteiger partial charge is 0.0940 e. The molecule has 120 valence electrons. The highest BCUT2D eigenvalue weighted by Crippen LogP contribution is 2.21. The summed E-state index contributed by atoms with van der Waals surface area (Å²) < 4.78 is 5.84. The van der Waals surface area contributed by atoms with Gasteiger partial charge in [-0.2, -0.15) is 0 Å². The summed E-state index contributed by atoms with van der Waals surface area (Å²) in [5.41, 5.74) is -0.119. The number of aliphatic hydroxyl groups excluding tert-OH is 1. The highest BCUT2D eigenvalue weighted by molar-refractivity contribution is 4.83. The van der Waals surface area contributed by atoms with Crippen molar-refractivity contribution in [1.29, 1.82) is 0 Å². The SMILES string of the molecule is CCCCCCCCCCN1CC(CO)OC(C)(C)C1. The third-order valence-corrected chi connectivity index (χ3v) is 4.08. The Morgan fingerprint density at radius 2 is 1.65 bits per heavy atom. The van der Waals surface area contributed by atoms with Crippen molar-refractivity contribution in [1.82, 2.24) is 4.90 Å². The number of morpholine rings is 1. The van der Waals surface area contributed by atoms with Crippen LogP contribution in [-0.4, -0.2) is 48.0 Å². The van der Waals surface area contributed by atoms with E-state index < -0.39 is 0 Å². The first kappa shape index (κ1) is 17.9. The zero-order valence-electron chi connectivity index (χ0n) is 13.9. The van der Waals surface area contributed by atoms with Gasteiger partial charge in [0, 0.05) is 13.1 Å². The van der Waals surface area contributed by atoms with E-state index in [0.717, 1.165) is 19.6 Å². The van der Waals surface area contributed by atoms with Gasteiger partial charge in [0.2, 0.25) is 0 Å². The van der Waals surface area contributed by atoms with Crippen LogP contribution in [-0.2, 0) is 4.74 Å². The molecule has 1 aliphatic rings. The number of hydrogen-bond acceptors (Lipinski definition) is 3. The predicted octanol–water partition coefficient (Wildman–Crippen LogP) is 3.60. The van der Waals surface area contributed by atoms with E-state index >= 15 is 0 Å². The third-order valence-electron chi connectivity index (χ3n) is 4.08. The fourth-order valence-electron chi connectivity index (χ4n) is 3.15. The Kier molecular flexibility index (Phi) is 8.74. The Bertz CT molecular complexity index is 243. The fraction of sp³-hybridized carbons (Fsp3) is 1.00. The largest absolute Gasteiger partial charge is 0.394 e. The van der Waals surface area contributed by atoms with Gasteiger partial charge < -0.3 is 9.84 Å². The zero-order chi connectivity index (χ0) is 14.8. The van der Waals surface area contributed by atoms with Gasteiger partial charge in [-0.05, 0) is 26.8 Å². The molecule has 1 fully saturated rings. The summed E-state index contributed by atoms with van der Waals surface area (Å²) in [6.07, 6.45) is 10.9. The Morgan fingerprint density at radius 3 is 2.25 bits per heavy atom. The van der Waals surface area contributed by atoms with Gasteiger partial charge in [0.1, 0.15) is 0 Å². The minimum atomic E-state index is -0.119. The van der Waals surface area contributed by atoms with Crippen molar-refractivity contribution in [2.75, 3.05) is 26.2 Å². The number of rotatable bonds is 10. The number of unbranched alkanes of at least 4 members (excludes halogenated alkanes) is 7. The maximum atomic E-state index is 9.30. The van der Waals surface area contributed by atoms with Gasteiger partial charge in [0.15, 0.2) is 0 Å². The van der Waals surface area contributed by atoms with Gasteiger partial charge in [0.25, 0.3) is 0 Å². The Balaban J connectivity index is 2.06. The van der Waals surface area contributed by atoms with Crippen LogP contribution in [0.4, 0.5) is 0 Å². The lowest BCUT2D eigenvalue weighted by Crippen LogP contribution is -2.53. The van der Waals surface area contributed by atoms with E-state index in [2.05, 4.69) is 25.7 Å². The molecule has 0 aromatic heterocycles. The standard InChI is InChI=1S/C17H35NO2/c1-4-5-6-7-8-9-10-11-12-18-13-16(14-19)20-17(2,3)15-18/h16,19H,4-15H2,1-3H3. The van der Waals surface area contributed by atoms with Crippen molar-refractivity contribution in [3.63, 3.8) is 0 Å². The summed E-state index contributed by atoms with van der Waals surface area (Å²) in [5, 5.41) is 9.30. The minimum absolute atomic E-state index is 0.00667. The van der Waals surface area contributed by atoms with Gasteiger partial charge in [-0.25, -0.2) is 0 Å². The fourth-order valence-corrected chi connectivity index (χ4v) is 3.15. The first-order valence-electron chi connectivity index (χ1n) is 8.58. The first-order chi connectivity index (χ1) is 9.57. The molecule has 3 heteroatoms. The molecule has 1 heterocycles. The number of ether oxygens (including phenoxy) is 1. The average Bonchev–Trinajstić information content (AvgIpc) is 2.40. The number of aliphatic hydroxyl groups is 1. The average molecular weight is 285 g/mol. The first-order valence-corrected chi connectivity index (χ1v) is 8.58. The van der Waals surface area contributed by atoms with Crippen molar-refractivity contribution in [2.24, 2.45) is 0 Å². The molecular weight excluding hydrogens is 250 g/mol. The summed E-state index contributed by atoms with van der Waals surface area (Å²) in [4.78, 5) is 2.46. The van der Waals surface area contributed by atoms with E-state index in [1.54, 1.807) is 0 Å². The maximum Gasteiger partial charge on any atom is 0.0940 e. The molecule has 0 spiro atoms.